The summed E-state index contributed by atoms with van der Waals surface area (Å²) in [7, 11) is 0. The van der Waals surface area contributed by atoms with Gasteiger partial charge in [0, 0.05) is 5.92 Å². The third kappa shape index (κ3) is 3.90. The van der Waals surface area contributed by atoms with Gasteiger partial charge in [-0.05, 0) is 65.8 Å². The van der Waals surface area contributed by atoms with Crippen molar-refractivity contribution in [3.63, 3.8) is 0 Å². The average Bonchev–Trinajstić information content (AvgIpc) is 2.60. The Bertz CT molecular complexity index is 845. The van der Waals surface area contributed by atoms with Crippen molar-refractivity contribution in [2.24, 2.45) is 11.8 Å². The fourth-order valence-electron chi connectivity index (χ4n) is 3.48. The van der Waals surface area contributed by atoms with E-state index >= 15 is 0 Å². The molecule has 0 spiro atoms. The van der Waals surface area contributed by atoms with E-state index in [1.54, 1.807) is 18.2 Å². The van der Waals surface area contributed by atoms with Crippen LogP contribution in [0.25, 0.3) is 11.6 Å². The highest BCUT2D eigenvalue weighted by molar-refractivity contribution is 5.85. The summed E-state index contributed by atoms with van der Waals surface area (Å²) in [5, 5.41) is 9.79. The highest BCUT2D eigenvalue weighted by atomic mass is 19.1. The summed E-state index contributed by atoms with van der Waals surface area (Å²) in [5.74, 6) is 0.652. The summed E-state index contributed by atoms with van der Waals surface area (Å²) < 4.78 is 13.6. The van der Waals surface area contributed by atoms with E-state index in [2.05, 4.69) is 37.3 Å². The van der Waals surface area contributed by atoms with Gasteiger partial charge in [-0.15, -0.1) is 0 Å². The summed E-state index contributed by atoms with van der Waals surface area (Å²) in [6.07, 6.45) is 11.8. The number of aryl methyl sites for hydroxylation is 1. The van der Waals surface area contributed by atoms with E-state index in [0.717, 1.165) is 28.7 Å². The molecule has 0 fully saturated rings. The molecule has 2 heteroatoms. The van der Waals surface area contributed by atoms with Crippen molar-refractivity contribution in [1.82, 2.24) is 0 Å². The van der Waals surface area contributed by atoms with Crippen molar-refractivity contribution in [3.8, 4) is 5.75 Å². The van der Waals surface area contributed by atoms with E-state index < -0.39 is 0 Å². The lowest BCUT2D eigenvalue weighted by Crippen LogP contribution is -2.14. The van der Waals surface area contributed by atoms with Crippen LogP contribution in [0.15, 0.2) is 66.8 Å². The summed E-state index contributed by atoms with van der Waals surface area (Å²) in [5.41, 5.74) is 4.06. The number of phenols is 1. The van der Waals surface area contributed by atoms with E-state index in [4.69, 9.17) is 0 Å². The Morgan fingerprint density at radius 3 is 2.64 bits per heavy atom. The number of phenolic OH excluding ortho intramolecular Hbond substituents is 1. The van der Waals surface area contributed by atoms with Crippen molar-refractivity contribution in [1.29, 1.82) is 0 Å². The summed E-state index contributed by atoms with van der Waals surface area (Å²) in [4.78, 5) is 0. The van der Waals surface area contributed by atoms with Crippen LogP contribution in [0.1, 0.15) is 30.0 Å². The fraction of sp³-hybridized carbons (Fsp3) is 0.217. The van der Waals surface area contributed by atoms with Gasteiger partial charge in [-0.1, -0.05) is 55.5 Å². The predicted molar refractivity (Wildman–Crippen MR) is 103 cm³/mol. The Kier molecular flexibility index (Phi) is 5.18. The Balaban J connectivity index is 2.14. The molecular formula is C23H23FO. The van der Waals surface area contributed by atoms with Crippen LogP contribution in [0.2, 0.25) is 0 Å². The van der Waals surface area contributed by atoms with Crippen LogP contribution in [0.4, 0.5) is 4.39 Å². The molecule has 25 heavy (non-hydrogen) atoms. The second kappa shape index (κ2) is 7.52. The molecule has 2 unspecified atom stereocenters. The predicted octanol–water partition coefficient (Wildman–Crippen LogP) is 6.15. The first-order valence-electron chi connectivity index (χ1n) is 8.70. The quantitative estimate of drug-likeness (QED) is 0.665. The minimum atomic E-state index is -0.218. The minimum Gasteiger partial charge on any atom is -0.508 e. The second-order valence-corrected chi connectivity index (χ2v) is 6.52. The third-order valence-electron chi connectivity index (χ3n) is 4.77. The molecule has 1 aliphatic carbocycles. The number of rotatable bonds is 4. The number of allylic oxidation sites excluding steroid dienone is 5. The highest BCUT2D eigenvalue weighted by Gasteiger charge is 2.23. The summed E-state index contributed by atoms with van der Waals surface area (Å²) in [6, 6.07) is 12.2. The van der Waals surface area contributed by atoms with Gasteiger partial charge in [0.05, 0.1) is 0 Å². The summed E-state index contributed by atoms with van der Waals surface area (Å²) in [6.45, 7) is 4.13. The van der Waals surface area contributed by atoms with Gasteiger partial charge in [-0.3, -0.25) is 0 Å². The first-order chi connectivity index (χ1) is 12.1. The normalized spacial score (nSPS) is 20.0. The molecule has 0 aromatic heterocycles. The second-order valence-electron chi connectivity index (χ2n) is 6.52. The zero-order chi connectivity index (χ0) is 17.8. The van der Waals surface area contributed by atoms with Crippen molar-refractivity contribution in [3.05, 3.63) is 89.3 Å². The number of halogens is 1. The van der Waals surface area contributed by atoms with Gasteiger partial charge in [0.15, 0.2) is 0 Å². The lowest BCUT2D eigenvalue weighted by Gasteiger charge is -2.27. The molecule has 1 N–H and O–H groups in total. The van der Waals surface area contributed by atoms with Gasteiger partial charge in [-0.25, -0.2) is 4.39 Å². The molecule has 1 nitrogen and oxygen atoms in total. The monoisotopic (exact) mass is 334 g/mol. The lowest BCUT2D eigenvalue weighted by atomic mass is 9.77. The molecule has 128 valence electrons. The molecule has 2 aromatic rings. The first-order valence-corrected chi connectivity index (χ1v) is 8.70. The molecule has 0 saturated carbocycles. The third-order valence-corrected chi connectivity index (χ3v) is 4.77. The van der Waals surface area contributed by atoms with E-state index in [0.29, 0.717) is 5.92 Å². The van der Waals surface area contributed by atoms with Crippen LogP contribution < -0.4 is 0 Å². The van der Waals surface area contributed by atoms with Gasteiger partial charge >= 0.3 is 0 Å². The fourth-order valence-corrected chi connectivity index (χ4v) is 3.48. The van der Waals surface area contributed by atoms with E-state index in [9.17, 15) is 9.50 Å². The van der Waals surface area contributed by atoms with Crippen molar-refractivity contribution < 1.29 is 9.50 Å². The molecule has 0 saturated heterocycles. The molecule has 0 aliphatic heterocycles. The number of benzene rings is 2. The first kappa shape index (κ1) is 17.2. The largest absolute Gasteiger partial charge is 0.508 e. The van der Waals surface area contributed by atoms with Gasteiger partial charge in [0.2, 0.25) is 0 Å². The van der Waals surface area contributed by atoms with Gasteiger partial charge < -0.3 is 5.11 Å². The van der Waals surface area contributed by atoms with Crippen LogP contribution in [-0.2, 0) is 0 Å². The molecule has 1 aliphatic rings. The topological polar surface area (TPSA) is 20.2 Å². The van der Waals surface area contributed by atoms with Crippen LogP contribution >= 0.6 is 0 Å². The smallest absolute Gasteiger partial charge is 0.123 e. The maximum atomic E-state index is 13.6. The molecule has 2 atom stereocenters. The molecule has 0 radical (unpaired) electrons. The summed E-state index contributed by atoms with van der Waals surface area (Å²) >= 11 is 0. The number of aromatic hydroxyl groups is 1. The number of hydrogen-bond donors (Lipinski definition) is 1. The maximum Gasteiger partial charge on any atom is 0.123 e. The molecular weight excluding hydrogens is 311 g/mol. The van der Waals surface area contributed by atoms with Crippen molar-refractivity contribution in [2.75, 3.05) is 0 Å². The Labute approximate surface area is 148 Å². The van der Waals surface area contributed by atoms with Gasteiger partial charge in [0.1, 0.15) is 11.6 Å². The van der Waals surface area contributed by atoms with Crippen molar-refractivity contribution in [2.45, 2.75) is 20.3 Å². The van der Waals surface area contributed by atoms with Crippen LogP contribution in [0, 0.1) is 24.6 Å². The average molecular weight is 334 g/mol. The van der Waals surface area contributed by atoms with E-state index in [1.165, 1.54) is 6.07 Å². The van der Waals surface area contributed by atoms with Crippen molar-refractivity contribution >= 4 is 11.6 Å². The minimum absolute atomic E-state index is 0.218. The molecule has 0 amide bonds. The number of hydrogen-bond acceptors (Lipinski definition) is 1. The Morgan fingerprint density at radius 1 is 1.12 bits per heavy atom. The SMILES string of the molecule is CCC1C=CC=CC1/C(=C/c1cccc(O)c1)c1ccc(F)cc1C. The van der Waals surface area contributed by atoms with Crippen LogP contribution in [-0.4, -0.2) is 5.11 Å². The molecule has 0 bridgehead atoms. The zero-order valence-corrected chi connectivity index (χ0v) is 14.6. The maximum absolute atomic E-state index is 13.6. The van der Waals surface area contributed by atoms with E-state index in [-0.39, 0.29) is 17.5 Å². The lowest BCUT2D eigenvalue weighted by molar-refractivity contribution is 0.475. The highest BCUT2D eigenvalue weighted by Crippen LogP contribution is 2.38. The van der Waals surface area contributed by atoms with Gasteiger partial charge in [0.25, 0.3) is 0 Å². The Hall–Kier alpha value is -2.61. The molecule has 2 aromatic carbocycles. The van der Waals surface area contributed by atoms with Crippen LogP contribution in [0.3, 0.4) is 0 Å². The van der Waals surface area contributed by atoms with E-state index in [1.807, 2.05) is 25.1 Å². The van der Waals surface area contributed by atoms with Gasteiger partial charge in [-0.2, -0.15) is 0 Å². The Morgan fingerprint density at radius 2 is 1.92 bits per heavy atom. The van der Waals surface area contributed by atoms with Crippen LogP contribution in [0.5, 0.6) is 5.75 Å². The molecule has 0 heterocycles. The molecule has 3 rings (SSSR count). The standard InChI is InChI=1S/C23H23FO/c1-3-18-8-4-5-10-22(18)23(15-17-7-6-9-20(25)14-17)21-12-11-19(24)13-16(21)2/h4-15,18,22,25H,3H2,1-2H3/b23-15+. The zero-order valence-electron chi connectivity index (χ0n) is 14.6.